The molecule has 6 aliphatic rings. The lowest BCUT2D eigenvalue weighted by atomic mass is 9.59. The molecule has 3 aromatic carbocycles. The molecular formula is C51H61N9O8S. The molecule has 1 aliphatic carbocycles. The number of amides is 1. The number of carbonyl (C=O) groups is 1. The van der Waals surface area contributed by atoms with Crippen LogP contribution in [0.5, 0.6) is 5.88 Å². The molecule has 18 heteroatoms. The van der Waals surface area contributed by atoms with Gasteiger partial charge in [0.15, 0.2) is 0 Å². The molecule has 5 fully saturated rings. The van der Waals surface area contributed by atoms with Crippen LogP contribution in [-0.4, -0.2) is 105 Å². The lowest BCUT2D eigenvalue weighted by molar-refractivity contribution is -0.384. The van der Waals surface area contributed by atoms with Crippen molar-refractivity contribution < 1.29 is 32.3 Å². The average molecular weight is 960 g/mol. The molecule has 5 N–H and O–H groups in total. The number of sulfonamides is 1. The Bertz CT molecular complexity index is 2880. The van der Waals surface area contributed by atoms with Gasteiger partial charge in [0, 0.05) is 73.8 Å². The molecule has 5 aromatic rings. The van der Waals surface area contributed by atoms with Crippen LogP contribution >= 0.6 is 0 Å². The fourth-order valence-corrected chi connectivity index (χ4v) is 13.0. The molecule has 5 aliphatic heterocycles. The zero-order valence-corrected chi connectivity index (χ0v) is 40.0. The second-order valence-corrected chi connectivity index (χ2v) is 22.3. The molecule has 1 saturated carbocycles. The summed E-state index contributed by atoms with van der Waals surface area (Å²) in [5.74, 6) is -0.240. The molecule has 11 rings (SSSR count). The zero-order valence-electron chi connectivity index (χ0n) is 39.2. The minimum atomic E-state index is -4.59. The Morgan fingerprint density at radius 2 is 1.77 bits per heavy atom. The van der Waals surface area contributed by atoms with E-state index in [0.717, 1.165) is 81.7 Å². The summed E-state index contributed by atoms with van der Waals surface area (Å²) in [5.41, 5.74) is 11.7. The molecule has 4 saturated heterocycles. The van der Waals surface area contributed by atoms with E-state index in [-0.39, 0.29) is 28.6 Å². The van der Waals surface area contributed by atoms with Gasteiger partial charge in [0.2, 0.25) is 5.88 Å². The number of carbonyl (C=O) groups excluding carboxylic acids is 1. The van der Waals surface area contributed by atoms with Crippen LogP contribution in [0.4, 0.5) is 28.4 Å². The number of aromatic amines is 1. The first-order valence-electron chi connectivity index (χ1n) is 24.5. The Morgan fingerprint density at radius 1 is 0.971 bits per heavy atom. The molecule has 0 unspecified atom stereocenters. The molecule has 69 heavy (non-hydrogen) atoms. The van der Waals surface area contributed by atoms with Crippen LogP contribution in [-0.2, 0) is 25.0 Å². The molecule has 7 heterocycles. The van der Waals surface area contributed by atoms with E-state index in [1.165, 1.54) is 29.7 Å². The van der Waals surface area contributed by atoms with Gasteiger partial charge in [-0.05, 0) is 137 Å². The smallest absolute Gasteiger partial charge is 0.293 e. The number of rotatable bonds is 12. The van der Waals surface area contributed by atoms with Crippen molar-refractivity contribution in [1.29, 1.82) is 0 Å². The van der Waals surface area contributed by atoms with Gasteiger partial charge >= 0.3 is 0 Å². The Labute approximate surface area is 402 Å². The quantitative estimate of drug-likeness (QED) is 0.0705. The number of hydrogen-bond acceptors (Lipinski definition) is 14. The van der Waals surface area contributed by atoms with Crippen molar-refractivity contribution in [2.24, 2.45) is 17.1 Å². The van der Waals surface area contributed by atoms with E-state index in [0.29, 0.717) is 68.0 Å². The summed E-state index contributed by atoms with van der Waals surface area (Å²) in [6, 6.07) is 22.3. The van der Waals surface area contributed by atoms with Gasteiger partial charge in [-0.3, -0.25) is 19.8 Å². The monoisotopic (exact) mass is 959 g/mol. The number of piperidine rings is 1. The second-order valence-electron chi connectivity index (χ2n) is 20.6. The van der Waals surface area contributed by atoms with Gasteiger partial charge in [-0.1, -0.05) is 24.3 Å². The van der Waals surface area contributed by atoms with Crippen LogP contribution in [0.1, 0.15) is 92.7 Å². The van der Waals surface area contributed by atoms with Gasteiger partial charge in [-0.15, -0.1) is 0 Å². The number of benzene rings is 3. The Kier molecular flexibility index (Phi) is 11.8. The fourth-order valence-electron chi connectivity index (χ4n) is 12.0. The molecule has 1 spiro atoms. The van der Waals surface area contributed by atoms with Crippen LogP contribution in [0.15, 0.2) is 83.9 Å². The van der Waals surface area contributed by atoms with Gasteiger partial charge in [0.1, 0.15) is 23.1 Å². The van der Waals surface area contributed by atoms with E-state index in [1.807, 2.05) is 29.2 Å². The number of nitrogens with two attached hydrogens (primary N) is 1. The Hall–Kier alpha value is -5.79. The predicted molar refractivity (Wildman–Crippen MR) is 263 cm³/mol. The van der Waals surface area contributed by atoms with Crippen molar-refractivity contribution in [2.75, 3.05) is 67.7 Å². The maximum absolute atomic E-state index is 14.6. The Balaban J connectivity index is 0.863. The third-order valence-electron chi connectivity index (χ3n) is 15.7. The van der Waals surface area contributed by atoms with Crippen molar-refractivity contribution >= 4 is 55.4 Å². The highest BCUT2D eigenvalue weighted by molar-refractivity contribution is 7.90. The maximum atomic E-state index is 14.6. The van der Waals surface area contributed by atoms with E-state index in [9.17, 15) is 23.3 Å². The van der Waals surface area contributed by atoms with Gasteiger partial charge in [-0.2, -0.15) is 4.98 Å². The lowest BCUT2D eigenvalue weighted by Gasteiger charge is -2.56. The second kappa shape index (κ2) is 17.9. The van der Waals surface area contributed by atoms with E-state index in [2.05, 4.69) is 62.9 Å². The minimum Gasteiger partial charge on any atom is -0.468 e. The number of pyridine rings is 1. The van der Waals surface area contributed by atoms with Crippen molar-refractivity contribution in [2.45, 2.75) is 99.9 Å². The average Bonchev–Trinajstić information content (AvgIpc) is 4.13. The molecule has 0 radical (unpaired) electrons. The lowest BCUT2D eigenvalue weighted by Crippen LogP contribution is -2.55. The normalized spacial score (nSPS) is 23.1. The Morgan fingerprint density at radius 3 is 2.55 bits per heavy atom. The third kappa shape index (κ3) is 8.68. The highest BCUT2D eigenvalue weighted by Gasteiger charge is 2.50. The summed E-state index contributed by atoms with van der Waals surface area (Å²) in [6.07, 6.45) is 9.77. The highest BCUT2D eigenvalue weighted by atomic mass is 32.2. The number of H-pyrrole nitrogens is 1. The van der Waals surface area contributed by atoms with Gasteiger partial charge in [0.05, 0.1) is 40.3 Å². The van der Waals surface area contributed by atoms with Crippen molar-refractivity contribution in [3.05, 3.63) is 106 Å². The molecular weight excluding hydrogens is 899 g/mol. The maximum Gasteiger partial charge on any atom is 0.293 e. The number of nitrogens with zero attached hydrogens (tertiary/aromatic N) is 5. The van der Waals surface area contributed by atoms with E-state index < -0.39 is 43.1 Å². The van der Waals surface area contributed by atoms with Gasteiger partial charge in [0.25, 0.3) is 21.6 Å². The predicted octanol–water partition coefficient (Wildman–Crippen LogP) is 7.51. The van der Waals surface area contributed by atoms with E-state index in [1.54, 1.807) is 12.3 Å². The summed E-state index contributed by atoms with van der Waals surface area (Å²) in [5, 5.41) is 16.3. The minimum absolute atomic E-state index is 0.106. The largest absolute Gasteiger partial charge is 0.468 e. The van der Waals surface area contributed by atoms with Crippen LogP contribution in [0.25, 0.3) is 11.0 Å². The third-order valence-corrected chi connectivity index (χ3v) is 17.1. The fraction of sp³-hybridized carbons (Fsp3) is 0.490. The first-order valence-corrected chi connectivity index (χ1v) is 25.9. The summed E-state index contributed by atoms with van der Waals surface area (Å²) in [7, 11) is -4.59. The van der Waals surface area contributed by atoms with Crippen LogP contribution in [0.3, 0.4) is 0 Å². The van der Waals surface area contributed by atoms with Gasteiger partial charge in [-0.25, -0.2) is 13.1 Å². The van der Waals surface area contributed by atoms with Crippen LogP contribution in [0.2, 0.25) is 0 Å². The van der Waals surface area contributed by atoms with Crippen molar-refractivity contribution in [3.63, 3.8) is 0 Å². The molecule has 3 atom stereocenters. The summed E-state index contributed by atoms with van der Waals surface area (Å²) in [6.45, 7) is 9.30. The summed E-state index contributed by atoms with van der Waals surface area (Å²) >= 11 is 0. The molecule has 364 valence electrons. The number of nitro benzene ring substituents is 1. The zero-order chi connectivity index (χ0) is 47.7. The number of hydrogen-bond donors (Lipinski definition) is 4. The molecule has 2 aromatic heterocycles. The number of likely N-dealkylation sites (tertiary alicyclic amines) is 1. The number of ether oxygens (including phenoxy) is 3. The molecule has 17 nitrogen and oxygen atoms in total. The number of nitrogens with one attached hydrogen (secondary N) is 3. The van der Waals surface area contributed by atoms with E-state index >= 15 is 0 Å². The van der Waals surface area contributed by atoms with E-state index in [4.69, 9.17) is 24.9 Å². The van der Waals surface area contributed by atoms with Crippen LogP contribution < -0.4 is 30.3 Å². The SMILES string of the molecule is CC(C)(N)c1ccccc1[C@@H]1CCCN1C1CC2(CCN(c3ccc(C(=O)NS(=O)(=O)c4ccc(NCC5CCOCC5)c([N+](=O)[O-])c4)c(N4c5cc6cc[nH]c6nc5O[C@@H]5COC[C@H]54)c3)CC2)C1. The van der Waals surface area contributed by atoms with Crippen molar-refractivity contribution in [3.8, 4) is 5.88 Å². The summed E-state index contributed by atoms with van der Waals surface area (Å²) in [4.78, 5) is 41.0. The molecule has 1 amide bonds. The van der Waals surface area contributed by atoms with Crippen molar-refractivity contribution in [1.82, 2.24) is 19.6 Å². The summed E-state index contributed by atoms with van der Waals surface area (Å²) < 4.78 is 48.3. The highest BCUT2D eigenvalue weighted by Crippen LogP contribution is 2.55. The topological polar surface area (TPSA) is 211 Å². The number of fused-ring (bicyclic) bond motifs is 3. The number of aromatic nitrogens is 2. The van der Waals surface area contributed by atoms with Gasteiger partial charge < -0.3 is 40.0 Å². The molecule has 0 bridgehead atoms. The first kappa shape index (κ1) is 45.6. The number of nitro groups is 1. The standard InChI is InChI=1S/C51H61N9O8S/c1-50(2,52)39-7-4-3-6-37(39)41-8-5-19-58(41)35-27-51(28-35)16-20-57(21-17-51)34-9-11-38(42(25-34)59-44-24-33-13-18-53-47(33)55-49(44)68-46-31-67-30-45(46)59)48(61)56-69(64,65)36-10-12-40(43(26-36)60(62)63)54-29-32-14-22-66-23-15-32/h3-4,6-7,9-13,18,24-26,32,35,41,45-46,54H,5,8,14-17,19-23,27-31,52H2,1-2H3,(H,53,55)(H,56,61)/t41-,45+,46+/m0/s1. The first-order chi connectivity index (χ1) is 33.2. The number of anilines is 4. The van der Waals surface area contributed by atoms with Crippen LogP contribution in [0, 0.1) is 21.4 Å².